The van der Waals surface area contributed by atoms with Crippen molar-refractivity contribution in [2.24, 2.45) is 0 Å². The largest absolute Gasteiger partial charge is 0.458 e. The first kappa shape index (κ1) is 22.6. The highest BCUT2D eigenvalue weighted by molar-refractivity contribution is 7.89. The van der Waals surface area contributed by atoms with Crippen molar-refractivity contribution in [3.63, 3.8) is 0 Å². The fourth-order valence-corrected chi connectivity index (χ4v) is 5.65. The van der Waals surface area contributed by atoms with Crippen LogP contribution in [0.3, 0.4) is 0 Å². The molecule has 0 amide bonds. The smallest absolute Gasteiger partial charge is 0.419 e. The minimum atomic E-state index is -3.63. The van der Waals surface area contributed by atoms with E-state index >= 15 is 0 Å². The normalized spacial score (nSPS) is 15.8. The van der Waals surface area contributed by atoms with Crippen molar-refractivity contribution in [2.45, 2.75) is 43.7 Å². The Balaban J connectivity index is 1.48. The summed E-state index contributed by atoms with van der Waals surface area (Å²) >= 11 is 6.14. The number of rotatable bonds is 7. The van der Waals surface area contributed by atoms with Gasteiger partial charge in [-0.25, -0.2) is 13.2 Å². The minimum absolute atomic E-state index is 0.0398. The van der Waals surface area contributed by atoms with Gasteiger partial charge in [-0.15, -0.1) is 0 Å². The van der Waals surface area contributed by atoms with Gasteiger partial charge in [-0.3, -0.25) is 9.36 Å². The van der Waals surface area contributed by atoms with Gasteiger partial charge < -0.3 is 9.15 Å². The molecule has 0 aliphatic carbocycles. The van der Waals surface area contributed by atoms with Gasteiger partial charge in [-0.05, 0) is 38.0 Å². The summed E-state index contributed by atoms with van der Waals surface area (Å²) in [6.45, 7) is 2.74. The first-order valence-electron chi connectivity index (χ1n) is 10.3. The predicted octanol–water partition coefficient (Wildman–Crippen LogP) is 3.73. The molecule has 170 valence electrons. The van der Waals surface area contributed by atoms with E-state index in [0.717, 1.165) is 12.8 Å². The molecule has 1 unspecified atom stereocenters. The van der Waals surface area contributed by atoms with Gasteiger partial charge in [0.05, 0.1) is 16.8 Å². The fourth-order valence-electron chi connectivity index (χ4n) is 3.82. The fraction of sp³-hybridized carbons (Fsp3) is 0.364. The van der Waals surface area contributed by atoms with Crippen LogP contribution in [-0.4, -0.2) is 36.3 Å². The van der Waals surface area contributed by atoms with Crippen molar-refractivity contribution >= 4 is 38.7 Å². The second-order valence-electron chi connectivity index (χ2n) is 7.66. The monoisotopic (exact) mass is 478 g/mol. The second-order valence-corrected chi connectivity index (χ2v) is 10.0. The summed E-state index contributed by atoms with van der Waals surface area (Å²) in [5.74, 6) is -1.16. The lowest BCUT2D eigenvalue weighted by molar-refractivity contribution is -0.148. The van der Waals surface area contributed by atoms with E-state index in [-0.39, 0.29) is 23.4 Å². The zero-order chi connectivity index (χ0) is 22.9. The number of ether oxygens (including phenoxy) is 1. The number of carbonyl (C=O) groups excluding carboxylic acids is 1. The van der Waals surface area contributed by atoms with Crippen LogP contribution in [0.25, 0.3) is 11.1 Å². The van der Waals surface area contributed by atoms with Crippen molar-refractivity contribution in [3.05, 3.63) is 63.6 Å². The van der Waals surface area contributed by atoms with Gasteiger partial charge in [0.15, 0.2) is 5.58 Å². The Kier molecular flexibility index (Phi) is 6.41. The van der Waals surface area contributed by atoms with Crippen molar-refractivity contribution in [3.8, 4) is 0 Å². The maximum atomic E-state index is 12.8. The molecule has 1 saturated heterocycles. The van der Waals surface area contributed by atoms with Crippen LogP contribution in [0, 0.1) is 0 Å². The van der Waals surface area contributed by atoms with Gasteiger partial charge in [0, 0.05) is 36.3 Å². The predicted molar refractivity (Wildman–Crippen MR) is 119 cm³/mol. The average molecular weight is 479 g/mol. The maximum Gasteiger partial charge on any atom is 0.419 e. The number of oxazole rings is 1. The van der Waals surface area contributed by atoms with Crippen LogP contribution >= 0.6 is 11.6 Å². The molecule has 4 rings (SSSR count). The molecule has 1 aliphatic rings. The molecule has 3 aromatic rings. The Morgan fingerprint density at radius 1 is 1.19 bits per heavy atom. The Bertz CT molecular complexity index is 1310. The Morgan fingerprint density at radius 3 is 2.62 bits per heavy atom. The lowest BCUT2D eigenvalue weighted by Gasteiger charge is -2.15. The number of sulfonamides is 1. The van der Waals surface area contributed by atoms with E-state index in [1.54, 1.807) is 31.2 Å². The van der Waals surface area contributed by atoms with E-state index in [2.05, 4.69) is 0 Å². The molecule has 8 nitrogen and oxygen atoms in total. The third-order valence-electron chi connectivity index (χ3n) is 5.53. The maximum absolute atomic E-state index is 12.8. The Morgan fingerprint density at radius 2 is 1.91 bits per heavy atom. The third-order valence-corrected chi connectivity index (χ3v) is 7.77. The summed E-state index contributed by atoms with van der Waals surface area (Å²) in [6.07, 6.45) is 1.07. The van der Waals surface area contributed by atoms with Crippen LogP contribution in [0.1, 0.15) is 37.9 Å². The Hall–Kier alpha value is -2.62. The van der Waals surface area contributed by atoms with E-state index in [1.807, 2.05) is 0 Å². The first-order valence-corrected chi connectivity index (χ1v) is 12.2. The SMILES string of the molecule is CC(OC(=O)CCn1c(=O)oc2cc(S(=O)(=O)N3CCCC3)ccc21)c1ccccc1Cl. The van der Waals surface area contributed by atoms with Gasteiger partial charge in [0.2, 0.25) is 10.0 Å². The van der Waals surface area contributed by atoms with Gasteiger partial charge >= 0.3 is 11.7 Å². The molecule has 0 saturated carbocycles. The second kappa shape index (κ2) is 9.09. The van der Waals surface area contributed by atoms with Gasteiger partial charge in [-0.1, -0.05) is 29.8 Å². The minimum Gasteiger partial charge on any atom is -0.458 e. The first-order chi connectivity index (χ1) is 15.3. The van der Waals surface area contributed by atoms with Crippen LogP contribution in [0.2, 0.25) is 5.02 Å². The summed E-state index contributed by atoms with van der Waals surface area (Å²) < 4.78 is 38.9. The third kappa shape index (κ3) is 4.46. The lowest BCUT2D eigenvalue weighted by atomic mass is 10.1. The summed E-state index contributed by atoms with van der Waals surface area (Å²) in [7, 11) is -3.63. The van der Waals surface area contributed by atoms with Crippen LogP contribution in [0.15, 0.2) is 56.6 Å². The molecule has 0 N–H and O–H groups in total. The number of carbonyl (C=O) groups is 1. The molecule has 10 heteroatoms. The number of aryl methyl sites for hydroxylation is 1. The molecule has 0 bridgehead atoms. The number of halogens is 1. The van der Waals surface area contributed by atoms with Crippen molar-refractivity contribution in [1.82, 2.24) is 8.87 Å². The average Bonchev–Trinajstić information content (AvgIpc) is 3.40. The number of aromatic nitrogens is 1. The van der Waals surface area contributed by atoms with E-state index < -0.39 is 27.9 Å². The van der Waals surface area contributed by atoms with Crippen LogP contribution < -0.4 is 5.76 Å². The number of fused-ring (bicyclic) bond motifs is 1. The molecule has 1 aromatic heterocycles. The quantitative estimate of drug-likeness (QED) is 0.480. The summed E-state index contributed by atoms with van der Waals surface area (Å²) in [6, 6.07) is 11.4. The zero-order valence-electron chi connectivity index (χ0n) is 17.5. The number of hydrogen-bond donors (Lipinski definition) is 0. The van der Waals surface area contributed by atoms with Crippen LogP contribution in [0.4, 0.5) is 0 Å². The summed E-state index contributed by atoms with van der Waals surface area (Å²) in [5.41, 5.74) is 1.27. The van der Waals surface area contributed by atoms with E-state index in [4.69, 9.17) is 20.8 Å². The van der Waals surface area contributed by atoms with E-state index in [0.29, 0.717) is 29.2 Å². The molecule has 1 aliphatic heterocycles. The summed E-state index contributed by atoms with van der Waals surface area (Å²) in [4.78, 5) is 24.7. The molecular formula is C22H23ClN2O6S. The highest BCUT2D eigenvalue weighted by Crippen LogP contribution is 2.26. The molecule has 0 radical (unpaired) electrons. The van der Waals surface area contributed by atoms with E-state index in [9.17, 15) is 18.0 Å². The highest BCUT2D eigenvalue weighted by atomic mass is 35.5. The highest BCUT2D eigenvalue weighted by Gasteiger charge is 2.28. The zero-order valence-corrected chi connectivity index (χ0v) is 19.1. The number of esters is 1. The topological polar surface area (TPSA) is 98.8 Å². The summed E-state index contributed by atoms with van der Waals surface area (Å²) in [5, 5.41) is 0.504. The molecule has 32 heavy (non-hydrogen) atoms. The molecule has 1 atom stereocenters. The van der Waals surface area contributed by atoms with Crippen LogP contribution in [0.5, 0.6) is 0 Å². The van der Waals surface area contributed by atoms with Crippen LogP contribution in [-0.2, 0) is 26.1 Å². The molecule has 2 aromatic carbocycles. The van der Waals surface area contributed by atoms with Crippen molar-refractivity contribution < 1.29 is 22.4 Å². The Labute approximate surface area is 190 Å². The van der Waals surface area contributed by atoms with Gasteiger partial charge in [0.1, 0.15) is 6.10 Å². The number of hydrogen-bond acceptors (Lipinski definition) is 6. The van der Waals surface area contributed by atoms with Crippen molar-refractivity contribution in [1.29, 1.82) is 0 Å². The lowest BCUT2D eigenvalue weighted by Crippen LogP contribution is -2.27. The number of benzene rings is 2. The van der Waals surface area contributed by atoms with Gasteiger partial charge in [-0.2, -0.15) is 4.31 Å². The molecular weight excluding hydrogens is 456 g/mol. The molecule has 0 spiro atoms. The van der Waals surface area contributed by atoms with Crippen molar-refractivity contribution in [2.75, 3.05) is 13.1 Å². The number of nitrogens with zero attached hydrogens (tertiary/aromatic N) is 2. The molecule has 1 fully saturated rings. The molecule has 2 heterocycles. The van der Waals surface area contributed by atoms with Gasteiger partial charge in [0.25, 0.3) is 0 Å². The van der Waals surface area contributed by atoms with E-state index in [1.165, 1.54) is 27.1 Å². The standard InChI is InChI=1S/C22H23ClN2O6S/c1-15(17-6-2-3-7-18(17)23)30-21(26)10-13-25-19-9-8-16(14-20(19)31-22(25)27)32(28,29)24-11-4-5-12-24/h2-3,6-9,14-15H,4-5,10-13H2,1H3.